The van der Waals surface area contributed by atoms with Crippen LogP contribution in [0.3, 0.4) is 0 Å². The standard InChI is InChI=1S/C15H19F3N2O/c1-20(14(21)12-6-8-19-9-7-12)10-11-2-4-13(5-3-11)15(16,17)18/h2-5,12,19H,6-10H2,1H3. The maximum atomic E-state index is 12.5. The largest absolute Gasteiger partial charge is 0.416 e. The van der Waals surface area contributed by atoms with Crippen LogP contribution in [0, 0.1) is 5.92 Å². The molecule has 1 aliphatic rings. The summed E-state index contributed by atoms with van der Waals surface area (Å²) in [7, 11) is 1.70. The summed E-state index contributed by atoms with van der Waals surface area (Å²) in [6.45, 7) is 2.01. The van der Waals surface area contributed by atoms with E-state index in [2.05, 4.69) is 5.32 Å². The maximum absolute atomic E-state index is 12.5. The zero-order chi connectivity index (χ0) is 15.5. The summed E-state index contributed by atoms with van der Waals surface area (Å²) in [5.74, 6) is 0.0853. The van der Waals surface area contributed by atoms with E-state index in [1.54, 1.807) is 11.9 Å². The third-order valence-corrected chi connectivity index (χ3v) is 3.77. The maximum Gasteiger partial charge on any atom is 0.416 e. The minimum atomic E-state index is -4.32. The van der Waals surface area contributed by atoms with Crippen LogP contribution in [0.1, 0.15) is 24.0 Å². The number of benzene rings is 1. The molecule has 0 aliphatic carbocycles. The summed E-state index contributed by atoms with van der Waals surface area (Å²) >= 11 is 0. The molecule has 1 aliphatic heterocycles. The van der Waals surface area contributed by atoms with E-state index >= 15 is 0 Å². The third kappa shape index (κ3) is 4.20. The second kappa shape index (κ2) is 6.47. The molecule has 0 aromatic heterocycles. The molecule has 0 bridgehead atoms. The highest BCUT2D eigenvalue weighted by Gasteiger charge is 2.30. The zero-order valence-electron chi connectivity index (χ0n) is 11.9. The molecule has 21 heavy (non-hydrogen) atoms. The first-order valence-corrected chi connectivity index (χ1v) is 7.00. The van der Waals surface area contributed by atoms with E-state index in [4.69, 9.17) is 0 Å². The minimum absolute atomic E-state index is 0.0192. The second-order valence-electron chi connectivity index (χ2n) is 5.41. The fourth-order valence-electron chi connectivity index (χ4n) is 2.53. The van der Waals surface area contributed by atoms with E-state index in [0.29, 0.717) is 12.1 Å². The lowest BCUT2D eigenvalue weighted by Gasteiger charge is -2.27. The topological polar surface area (TPSA) is 32.3 Å². The summed E-state index contributed by atoms with van der Waals surface area (Å²) in [6.07, 6.45) is -2.69. The molecule has 0 saturated carbocycles. The molecular weight excluding hydrogens is 281 g/mol. The lowest BCUT2D eigenvalue weighted by Crippen LogP contribution is -2.38. The molecule has 2 rings (SSSR count). The van der Waals surface area contributed by atoms with Crippen molar-refractivity contribution in [3.8, 4) is 0 Å². The molecule has 1 fully saturated rings. The van der Waals surface area contributed by atoms with Gasteiger partial charge in [-0.2, -0.15) is 13.2 Å². The van der Waals surface area contributed by atoms with Crippen LogP contribution in [0.25, 0.3) is 0 Å². The Morgan fingerprint density at radius 3 is 2.33 bits per heavy atom. The number of carbonyl (C=O) groups is 1. The highest BCUT2D eigenvalue weighted by atomic mass is 19.4. The van der Waals surface area contributed by atoms with Gasteiger partial charge in [-0.25, -0.2) is 0 Å². The van der Waals surface area contributed by atoms with Crippen molar-refractivity contribution in [3.63, 3.8) is 0 Å². The summed E-state index contributed by atoms with van der Waals surface area (Å²) in [5.41, 5.74) is 0.0337. The van der Waals surface area contributed by atoms with Crippen molar-refractivity contribution >= 4 is 5.91 Å². The Morgan fingerprint density at radius 1 is 1.24 bits per heavy atom. The van der Waals surface area contributed by atoms with Crippen LogP contribution in [0.15, 0.2) is 24.3 Å². The molecule has 116 valence electrons. The van der Waals surface area contributed by atoms with Gasteiger partial charge in [-0.1, -0.05) is 12.1 Å². The van der Waals surface area contributed by atoms with Crippen LogP contribution >= 0.6 is 0 Å². The van der Waals surface area contributed by atoms with Gasteiger partial charge in [-0.3, -0.25) is 4.79 Å². The Labute approximate surface area is 122 Å². The Bertz CT molecular complexity index is 479. The monoisotopic (exact) mass is 300 g/mol. The van der Waals surface area contributed by atoms with Crippen molar-refractivity contribution < 1.29 is 18.0 Å². The fraction of sp³-hybridized carbons (Fsp3) is 0.533. The molecule has 0 radical (unpaired) electrons. The van der Waals surface area contributed by atoms with E-state index in [1.807, 2.05) is 0 Å². The first-order valence-electron chi connectivity index (χ1n) is 7.00. The summed E-state index contributed by atoms with van der Waals surface area (Å²) in [4.78, 5) is 13.8. The van der Waals surface area contributed by atoms with Gasteiger partial charge < -0.3 is 10.2 Å². The van der Waals surface area contributed by atoms with E-state index in [-0.39, 0.29) is 11.8 Å². The first kappa shape index (κ1) is 15.8. The molecular formula is C15H19F3N2O. The Balaban J connectivity index is 1.95. The molecule has 0 atom stereocenters. The normalized spacial score (nSPS) is 16.8. The van der Waals surface area contributed by atoms with Gasteiger partial charge in [-0.15, -0.1) is 0 Å². The third-order valence-electron chi connectivity index (χ3n) is 3.77. The van der Waals surface area contributed by atoms with Crippen LogP contribution in [0.2, 0.25) is 0 Å². The van der Waals surface area contributed by atoms with Crippen molar-refractivity contribution in [1.82, 2.24) is 10.2 Å². The first-order chi connectivity index (χ1) is 9.88. The van der Waals surface area contributed by atoms with Crippen molar-refractivity contribution in [2.45, 2.75) is 25.6 Å². The number of nitrogens with zero attached hydrogens (tertiary/aromatic N) is 1. The van der Waals surface area contributed by atoms with Gasteiger partial charge in [0.1, 0.15) is 0 Å². The van der Waals surface area contributed by atoms with Crippen LogP contribution in [0.5, 0.6) is 0 Å². The molecule has 3 nitrogen and oxygen atoms in total. The van der Waals surface area contributed by atoms with Crippen LogP contribution in [0.4, 0.5) is 13.2 Å². The van der Waals surface area contributed by atoms with E-state index in [0.717, 1.165) is 38.1 Å². The molecule has 0 unspecified atom stereocenters. The van der Waals surface area contributed by atoms with Crippen molar-refractivity contribution in [2.24, 2.45) is 5.92 Å². The zero-order valence-corrected chi connectivity index (χ0v) is 11.9. The minimum Gasteiger partial charge on any atom is -0.341 e. The van der Waals surface area contributed by atoms with Crippen LogP contribution in [-0.4, -0.2) is 30.9 Å². The number of amides is 1. The molecule has 1 saturated heterocycles. The predicted molar refractivity (Wildman–Crippen MR) is 73.5 cm³/mol. The molecule has 1 heterocycles. The number of hydrogen-bond acceptors (Lipinski definition) is 2. The molecule has 1 aromatic carbocycles. The van der Waals surface area contributed by atoms with Crippen molar-refractivity contribution in [1.29, 1.82) is 0 Å². The highest BCUT2D eigenvalue weighted by molar-refractivity contribution is 5.78. The Hall–Kier alpha value is -1.56. The number of halogens is 3. The van der Waals surface area contributed by atoms with E-state index < -0.39 is 11.7 Å². The average Bonchev–Trinajstić information content (AvgIpc) is 2.47. The summed E-state index contributed by atoms with van der Waals surface area (Å²) < 4.78 is 37.4. The predicted octanol–water partition coefficient (Wildman–Crippen LogP) is 2.66. The number of alkyl halides is 3. The van der Waals surface area contributed by atoms with Crippen LogP contribution in [-0.2, 0) is 17.5 Å². The summed E-state index contributed by atoms with van der Waals surface area (Å²) in [6, 6.07) is 4.96. The lowest BCUT2D eigenvalue weighted by molar-refractivity contribution is -0.138. The average molecular weight is 300 g/mol. The fourth-order valence-corrected chi connectivity index (χ4v) is 2.53. The number of nitrogens with one attached hydrogen (secondary N) is 1. The van der Waals surface area contributed by atoms with Gasteiger partial charge in [0.05, 0.1) is 5.56 Å². The van der Waals surface area contributed by atoms with Gasteiger partial charge in [-0.05, 0) is 43.6 Å². The lowest BCUT2D eigenvalue weighted by atomic mass is 9.96. The molecule has 6 heteroatoms. The number of rotatable bonds is 3. The summed E-state index contributed by atoms with van der Waals surface area (Å²) in [5, 5.41) is 3.20. The van der Waals surface area contributed by atoms with Gasteiger partial charge in [0.15, 0.2) is 0 Å². The smallest absolute Gasteiger partial charge is 0.341 e. The van der Waals surface area contributed by atoms with Gasteiger partial charge >= 0.3 is 6.18 Å². The van der Waals surface area contributed by atoms with Gasteiger partial charge in [0.25, 0.3) is 0 Å². The molecule has 1 amide bonds. The van der Waals surface area contributed by atoms with Crippen molar-refractivity contribution in [3.05, 3.63) is 35.4 Å². The number of piperidine rings is 1. The van der Waals surface area contributed by atoms with Gasteiger partial charge in [0, 0.05) is 19.5 Å². The van der Waals surface area contributed by atoms with E-state index in [1.165, 1.54) is 12.1 Å². The van der Waals surface area contributed by atoms with E-state index in [9.17, 15) is 18.0 Å². The van der Waals surface area contributed by atoms with Crippen molar-refractivity contribution in [2.75, 3.05) is 20.1 Å². The molecule has 1 N–H and O–H groups in total. The second-order valence-corrected chi connectivity index (χ2v) is 5.41. The Kier molecular flexibility index (Phi) is 4.88. The molecule has 0 spiro atoms. The Morgan fingerprint density at radius 2 is 1.81 bits per heavy atom. The number of carbonyl (C=O) groups excluding carboxylic acids is 1. The molecule has 1 aromatic rings. The van der Waals surface area contributed by atoms with Crippen LogP contribution < -0.4 is 5.32 Å². The highest BCUT2D eigenvalue weighted by Crippen LogP contribution is 2.29. The SMILES string of the molecule is CN(Cc1ccc(C(F)(F)F)cc1)C(=O)C1CCNCC1. The van der Waals surface area contributed by atoms with Gasteiger partial charge in [0.2, 0.25) is 5.91 Å². The quantitative estimate of drug-likeness (QED) is 0.931. The number of hydrogen-bond donors (Lipinski definition) is 1.